The van der Waals surface area contributed by atoms with E-state index in [0.717, 1.165) is 11.8 Å². The zero-order chi connectivity index (χ0) is 15.2. The molecule has 2 N–H and O–H groups in total. The molecule has 2 aromatic rings. The molecule has 0 saturated carbocycles. The quantitative estimate of drug-likeness (QED) is 0.770. The van der Waals surface area contributed by atoms with Gasteiger partial charge in [-0.3, -0.25) is 4.79 Å². The fourth-order valence-electron chi connectivity index (χ4n) is 1.37. The van der Waals surface area contributed by atoms with Crippen LogP contribution in [0.1, 0.15) is 20.8 Å². The molecule has 2 heterocycles. The summed E-state index contributed by atoms with van der Waals surface area (Å²) in [4.78, 5) is 30.5. The van der Waals surface area contributed by atoms with Gasteiger partial charge in [-0.1, -0.05) is 0 Å². The fourth-order valence-corrected chi connectivity index (χ4v) is 2.07. The molecule has 0 aliphatic heterocycles. The molecule has 0 atom stereocenters. The maximum Gasteiger partial charge on any atom is 0.322 e. The second-order valence-corrected chi connectivity index (χ2v) is 5.22. The van der Waals surface area contributed by atoms with Crippen LogP contribution in [0, 0.1) is 0 Å². The molecule has 0 aliphatic rings. The van der Waals surface area contributed by atoms with Gasteiger partial charge in [-0.05, 0) is 32.5 Å². The summed E-state index contributed by atoms with van der Waals surface area (Å²) in [5, 5.41) is 3.81. The number of aromatic amines is 1. The molecular weight excluding hydrogens is 292 g/mol. The summed E-state index contributed by atoms with van der Waals surface area (Å²) in [5.41, 5.74) is -0.230. The molecule has 8 nitrogen and oxygen atoms in total. The van der Waals surface area contributed by atoms with Crippen molar-refractivity contribution in [3.05, 3.63) is 22.6 Å². The van der Waals surface area contributed by atoms with E-state index in [1.165, 1.54) is 12.3 Å². The van der Waals surface area contributed by atoms with Crippen molar-refractivity contribution in [3.63, 3.8) is 0 Å². The zero-order valence-electron chi connectivity index (χ0n) is 12.0. The van der Waals surface area contributed by atoms with Crippen LogP contribution in [-0.4, -0.2) is 37.6 Å². The third kappa shape index (κ3) is 4.71. The van der Waals surface area contributed by atoms with Crippen LogP contribution in [0.3, 0.4) is 0 Å². The minimum atomic E-state index is -0.230. The summed E-state index contributed by atoms with van der Waals surface area (Å²) in [7, 11) is 0. The normalized spacial score (nSPS) is 10.7. The van der Waals surface area contributed by atoms with Crippen molar-refractivity contribution in [1.82, 2.24) is 24.9 Å². The molecular formula is C12H16N6O2S. The van der Waals surface area contributed by atoms with Gasteiger partial charge in [-0.25, -0.2) is 4.98 Å². The molecule has 0 bridgehead atoms. The predicted octanol–water partition coefficient (Wildman–Crippen LogP) is 1.33. The first-order chi connectivity index (χ1) is 10.1. The predicted molar refractivity (Wildman–Crippen MR) is 78.7 cm³/mol. The van der Waals surface area contributed by atoms with E-state index >= 15 is 0 Å². The molecule has 0 amide bonds. The van der Waals surface area contributed by atoms with Crippen molar-refractivity contribution in [2.24, 2.45) is 0 Å². The monoisotopic (exact) mass is 308 g/mol. The topological polar surface area (TPSA) is 106 Å². The maximum absolute atomic E-state index is 11.3. The standard InChI is InChI=1S/C12H16N6O2S/c1-4-13-9-16-10(20-7(2)3)18-12(17-9)21-11-14-6-5-8(19)15-11/h5-7H,4H2,1-3H3,(H,14,15,19)(H,13,16,17,18). The number of nitrogens with zero attached hydrogens (tertiary/aromatic N) is 4. The summed E-state index contributed by atoms with van der Waals surface area (Å²) < 4.78 is 5.50. The Morgan fingerprint density at radius 3 is 2.86 bits per heavy atom. The van der Waals surface area contributed by atoms with Crippen LogP contribution >= 0.6 is 11.8 Å². The fraction of sp³-hybridized carbons (Fsp3) is 0.417. The number of rotatable bonds is 6. The molecule has 0 radical (unpaired) electrons. The summed E-state index contributed by atoms with van der Waals surface area (Å²) in [6, 6.07) is 1.58. The SMILES string of the molecule is CCNc1nc(OC(C)C)nc(Sc2nccc(=O)[nH]2)n1. The first-order valence-electron chi connectivity index (χ1n) is 6.46. The van der Waals surface area contributed by atoms with Crippen LogP contribution < -0.4 is 15.6 Å². The molecule has 2 rings (SSSR count). The van der Waals surface area contributed by atoms with Gasteiger partial charge in [0, 0.05) is 18.8 Å². The molecule has 0 spiro atoms. The molecule has 2 aromatic heterocycles. The number of H-pyrrole nitrogens is 1. The minimum absolute atomic E-state index is 0.0469. The highest BCUT2D eigenvalue weighted by molar-refractivity contribution is 7.99. The van der Waals surface area contributed by atoms with Gasteiger partial charge in [0.05, 0.1) is 6.10 Å². The van der Waals surface area contributed by atoms with Crippen molar-refractivity contribution in [2.75, 3.05) is 11.9 Å². The Morgan fingerprint density at radius 2 is 2.19 bits per heavy atom. The number of hydrogen-bond acceptors (Lipinski definition) is 8. The lowest BCUT2D eigenvalue weighted by atomic mass is 10.5. The van der Waals surface area contributed by atoms with E-state index < -0.39 is 0 Å². The van der Waals surface area contributed by atoms with E-state index in [9.17, 15) is 4.79 Å². The van der Waals surface area contributed by atoms with Crippen LogP contribution in [0.4, 0.5) is 5.95 Å². The highest BCUT2D eigenvalue weighted by atomic mass is 32.2. The van der Waals surface area contributed by atoms with E-state index in [0.29, 0.717) is 22.8 Å². The maximum atomic E-state index is 11.3. The molecule has 0 fully saturated rings. The summed E-state index contributed by atoms with van der Waals surface area (Å²) in [5.74, 6) is 0.420. The van der Waals surface area contributed by atoms with Gasteiger partial charge < -0.3 is 15.0 Å². The van der Waals surface area contributed by atoms with Gasteiger partial charge in [0.25, 0.3) is 5.56 Å². The Labute approximate surface area is 125 Å². The molecule has 0 aromatic carbocycles. The van der Waals surface area contributed by atoms with Gasteiger partial charge in [-0.15, -0.1) is 0 Å². The Hall–Kier alpha value is -2.16. The Balaban J connectivity index is 2.28. The Bertz CT molecular complexity index is 660. The number of aromatic nitrogens is 5. The summed E-state index contributed by atoms with van der Waals surface area (Å²) in [6.45, 7) is 6.39. The van der Waals surface area contributed by atoms with E-state index in [-0.39, 0.29) is 17.7 Å². The highest BCUT2D eigenvalue weighted by Gasteiger charge is 2.11. The molecule has 21 heavy (non-hydrogen) atoms. The molecule has 0 unspecified atom stereocenters. The lowest BCUT2D eigenvalue weighted by Gasteiger charge is -2.10. The van der Waals surface area contributed by atoms with Crippen LogP contribution in [0.2, 0.25) is 0 Å². The van der Waals surface area contributed by atoms with Crippen molar-refractivity contribution in [3.8, 4) is 6.01 Å². The molecule has 0 saturated heterocycles. The van der Waals surface area contributed by atoms with Crippen molar-refractivity contribution in [2.45, 2.75) is 37.2 Å². The average Bonchev–Trinajstić information content (AvgIpc) is 2.37. The number of ether oxygens (including phenoxy) is 1. The van der Waals surface area contributed by atoms with Crippen molar-refractivity contribution >= 4 is 17.7 Å². The first kappa shape index (κ1) is 15.2. The third-order valence-corrected chi connectivity index (χ3v) is 2.87. The third-order valence-electron chi connectivity index (χ3n) is 2.11. The second-order valence-electron chi connectivity index (χ2n) is 4.26. The first-order valence-corrected chi connectivity index (χ1v) is 7.28. The Morgan fingerprint density at radius 1 is 1.38 bits per heavy atom. The minimum Gasteiger partial charge on any atom is -0.461 e. The second kappa shape index (κ2) is 7.02. The van der Waals surface area contributed by atoms with Crippen LogP contribution in [0.25, 0.3) is 0 Å². The van der Waals surface area contributed by atoms with Gasteiger partial charge in [-0.2, -0.15) is 15.0 Å². The highest BCUT2D eigenvalue weighted by Crippen LogP contribution is 2.22. The Kier molecular flexibility index (Phi) is 5.09. The zero-order valence-corrected chi connectivity index (χ0v) is 12.8. The van der Waals surface area contributed by atoms with Crippen LogP contribution in [0.5, 0.6) is 6.01 Å². The average molecular weight is 308 g/mol. The lowest BCUT2D eigenvalue weighted by Crippen LogP contribution is -2.12. The smallest absolute Gasteiger partial charge is 0.322 e. The lowest BCUT2D eigenvalue weighted by molar-refractivity contribution is 0.219. The van der Waals surface area contributed by atoms with E-state index in [4.69, 9.17) is 4.74 Å². The van der Waals surface area contributed by atoms with Crippen LogP contribution in [0.15, 0.2) is 27.4 Å². The number of hydrogen-bond donors (Lipinski definition) is 2. The van der Waals surface area contributed by atoms with E-state index in [1.54, 1.807) is 0 Å². The van der Waals surface area contributed by atoms with Crippen molar-refractivity contribution < 1.29 is 4.74 Å². The van der Waals surface area contributed by atoms with Gasteiger partial charge in [0.2, 0.25) is 11.1 Å². The summed E-state index contributed by atoms with van der Waals surface area (Å²) in [6.07, 6.45) is 1.38. The number of anilines is 1. The largest absolute Gasteiger partial charge is 0.461 e. The number of nitrogens with one attached hydrogen (secondary N) is 2. The van der Waals surface area contributed by atoms with Crippen molar-refractivity contribution in [1.29, 1.82) is 0 Å². The van der Waals surface area contributed by atoms with E-state index in [1.807, 2.05) is 20.8 Å². The molecule has 9 heteroatoms. The summed E-state index contributed by atoms with van der Waals surface area (Å²) >= 11 is 1.13. The van der Waals surface area contributed by atoms with E-state index in [2.05, 4.69) is 30.2 Å². The molecule has 112 valence electrons. The van der Waals surface area contributed by atoms with Gasteiger partial charge >= 0.3 is 6.01 Å². The van der Waals surface area contributed by atoms with Gasteiger partial charge in [0.1, 0.15) is 0 Å². The molecule has 0 aliphatic carbocycles. The van der Waals surface area contributed by atoms with Crippen LogP contribution in [-0.2, 0) is 0 Å². The van der Waals surface area contributed by atoms with Gasteiger partial charge in [0.15, 0.2) is 5.16 Å².